The lowest BCUT2D eigenvalue weighted by Crippen LogP contribution is -2.48. The maximum absolute atomic E-state index is 6.02. The third-order valence-electron chi connectivity index (χ3n) is 3.42. The molecule has 112 valence electrons. The van der Waals surface area contributed by atoms with Gasteiger partial charge in [-0.2, -0.15) is 15.5 Å². The van der Waals surface area contributed by atoms with Crippen molar-refractivity contribution < 1.29 is 0 Å². The fourth-order valence-corrected chi connectivity index (χ4v) is 2.44. The topological polar surface area (TPSA) is 136 Å². The summed E-state index contributed by atoms with van der Waals surface area (Å²) in [7, 11) is 0. The summed E-state index contributed by atoms with van der Waals surface area (Å²) in [6.45, 7) is 1.04. The van der Waals surface area contributed by atoms with Gasteiger partial charge in [0.25, 0.3) is 0 Å². The lowest BCUT2D eigenvalue weighted by molar-refractivity contribution is 0.408. The van der Waals surface area contributed by atoms with Gasteiger partial charge in [-0.1, -0.05) is 0 Å². The van der Waals surface area contributed by atoms with Crippen LogP contribution in [-0.4, -0.2) is 43.1 Å². The minimum absolute atomic E-state index is 0.302. The number of amidine groups is 1. The lowest BCUT2D eigenvalue weighted by atomic mass is 10.2. The molecule has 1 unspecified atom stereocenters. The number of hydrogen-bond donors (Lipinski definition) is 3. The van der Waals surface area contributed by atoms with Crippen molar-refractivity contribution in [2.75, 3.05) is 6.54 Å². The van der Waals surface area contributed by atoms with E-state index in [1.165, 1.54) is 0 Å². The molecule has 0 spiro atoms. The van der Waals surface area contributed by atoms with Crippen molar-refractivity contribution in [3.63, 3.8) is 0 Å². The number of hydrazine groups is 1. The summed E-state index contributed by atoms with van der Waals surface area (Å²) in [5, 5.41) is 5.93. The zero-order valence-corrected chi connectivity index (χ0v) is 11.6. The molecule has 0 amide bonds. The van der Waals surface area contributed by atoms with Crippen molar-refractivity contribution in [3.8, 4) is 0 Å². The Labute approximate surface area is 125 Å². The van der Waals surface area contributed by atoms with Gasteiger partial charge in [-0.15, -0.1) is 0 Å². The smallest absolute Gasteiger partial charge is 0.219 e. The van der Waals surface area contributed by atoms with Crippen LogP contribution in [0.5, 0.6) is 0 Å². The number of hydrogen-bond acceptors (Lipinski definition) is 9. The van der Waals surface area contributed by atoms with E-state index in [0.717, 1.165) is 5.56 Å². The Hall–Kier alpha value is -2.85. The number of aliphatic imine (C=N–C) groups is 2. The molecule has 0 saturated heterocycles. The van der Waals surface area contributed by atoms with E-state index in [4.69, 9.17) is 11.5 Å². The van der Waals surface area contributed by atoms with E-state index in [-0.39, 0.29) is 6.17 Å². The summed E-state index contributed by atoms with van der Waals surface area (Å²) in [5.41, 5.74) is 16.3. The summed E-state index contributed by atoms with van der Waals surface area (Å²) in [5.74, 6) is 1.64. The van der Waals surface area contributed by atoms with Crippen molar-refractivity contribution in [3.05, 3.63) is 36.0 Å². The predicted octanol–water partition coefficient (Wildman–Crippen LogP) is -1.14. The summed E-state index contributed by atoms with van der Waals surface area (Å²) in [4.78, 5) is 17.3. The SMILES string of the molecule is NCCn1ncc2c1N=C(N)N1NC(c3cnccn3)N=C21. The molecular weight excluding hydrogens is 284 g/mol. The lowest BCUT2D eigenvalue weighted by Gasteiger charge is -2.23. The van der Waals surface area contributed by atoms with Crippen molar-refractivity contribution in [1.82, 2.24) is 30.2 Å². The summed E-state index contributed by atoms with van der Waals surface area (Å²) in [6, 6.07) is 0. The van der Waals surface area contributed by atoms with Crippen molar-refractivity contribution in [2.24, 2.45) is 21.5 Å². The Kier molecular flexibility index (Phi) is 2.84. The molecule has 0 aliphatic carbocycles. The van der Waals surface area contributed by atoms with E-state index in [1.807, 2.05) is 0 Å². The zero-order valence-electron chi connectivity index (χ0n) is 11.6. The van der Waals surface area contributed by atoms with E-state index < -0.39 is 0 Å². The summed E-state index contributed by atoms with van der Waals surface area (Å²) in [6.07, 6.45) is 6.25. The summed E-state index contributed by atoms with van der Waals surface area (Å²) < 4.78 is 1.72. The molecule has 0 saturated carbocycles. The number of nitrogens with one attached hydrogen (secondary N) is 1. The standard InChI is InChI=1S/C12H14N10/c13-1-4-21-10-7(5-17-21)11-18-9(8-6-15-2-3-16-8)20-22(11)12(14)19-10/h2-3,5-6,9,20H,1,4,13H2,(H2,14,19). The molecule has 22 heavy (non-hydrogen) atoms. The Morgan fingerprint density at radius 1 is 1.27 bits per heavy atom. The van der Waals surface area contributed by atoms with E-state index in [0.29, 0.717) is 36.4 Å². The quantitative estimate of drug-likeness (QED) is 0.651. The third-order valence-corrected chi connectivity index (χ3v) is 3.42. The van der Waals surface area contributed by atoms with Gasteiger partial charge in [-0.25, -0.2) is 14.7 Å². The maximum Gasteiger partial charge on any atom is 0.219 e. The molecular formula is C12H14N10. The van der Waals surface area contributed by atoms with Crippen LogP contribution in [0.3, 0.4) is 0 Å². The van der Waals surface area contributed by atoms with E-state index >= 15 is 0 Å². The first kappa shape index (κ1) is 12.9. The van der Waals surface area contributed by atoms with Crippen LogP contribution < -0.4 is 16.9 Å². The zero-order chi connectivity index (χ0) is 15.1. The highest BCUT2D eigenvalue weighted by Gasteiger charge is 2.35. The second kappa shape index (κ2) is 4.86. The van der Waals surface area contributed by atoms with E-state index in [9.17, 15) is 0 Å². The number of rotatable bonds is 3. The average molecular weight is 298 g/mol. The summed E-state index contributed by atoms with van der Waals surface area (Å²) >= 11 is 0. The van der Waals surface area contributed by atoms with Gasteiger partial charge in [0.15, 0.2) is 17.8 Å². The molecule has 1 atom stereocenters. The molecule has 0 bridgehead atoms. The number of nitrogens with zero attached hydrogens (tertiary/aromatic N) is 7. The molecule has 5 N–H and O–H groups in total. The largest absolute Gasteiger partial charge is 0.368 e. The van der Waals surface area contributed by atoms with Crippen LogP contribution in [0.1, 0.15) is 17.4 Å². The second-order valence-corrected chi connectivity index (χ2v) is 4.81. The van der Waals surface area contributed by atoms with Gasteiger partial charge >= 0.3 is 0 Å². The molecule has 2 aromatic heterocycles. The minimum Gasteiger partial charge on any atom is -0.368 e. The number of fused-ring (bicyclic) bond motifs is 3. The molecule has 4 rings (SSSR count). The molecule has 0 aromatic carbocycles. The average Bonchev–Trinajstić information content (AvgIpc) is 3.14. The Morgan fingerprint density at radius 2 is 2.18 bits per heavy atom. The normalized spacial score (nSPS) is 19.5. The molecule has 4 heterocycles. The highest BCUT2D eigenvalue weighted by molar-refractivity contribution is 6.14. The van der Waals surface area contributed by atoms with Gasteiger partial charge in [-0.05, 0) is 0 Å². The number of aromatic nitrogens is 4. The van der Waals surface area contributed by atoms with Gasteiger partial charge in [0, 0.05) is 18.9 Å². The Balaban J connectivity index is 1.76. The van der Waals surface area contributed by atoms with Crippen molar-refractivity contribution in [1.29, 1.82) is 0 Å². The van der Waals surface area contributed by atoms with Gasteiger partial charge < -0.3 is 11.5 Å². The first-order valence-electron chi connectivity index (χ1n) is 6.78. The van der Waals surface area contributed by atoms with Gasteiger partial charge in [0.05, 0.1) is 30.2 Å². The third kappa shape index (κ3) is 1.85. The first-order valence-corrected chi connectivity index (χ1v) is 6.78. The van der Waals surface area contributed by atoms with Gasteiger partial charge in [0.2, 0.25) is 5.96 Å². The van der Waals surface area contributed by atoms with E-state index in [2.05, 4.69) is 30.5 Å². The molecule has 2 aromatic rings. The highest BCUT2D eigenvalue weighted by Crippen LogP contribution is 2.30. The van der Waals surface area contributed by atoms with Crippen LogP contribution in [-0.2, 0) is 6.54 Å². The molecule has 2 aliphatic rings. The monoisotopic (exact) mass is 298 g/mol. The fraction of sp³-hybridized carbons (Fsp3) is 0.250. The van der Waals surface area contributed by atoms with Gasteiger partial charge in [-0.3, -0.25) is 9.97 Å². The molecule has 10 nitrogen and oxygen atoms in total. The second-order valence-electron chi connectivity index (χ2n) is 4.81. The van der Waals surface area contributed by atoms with Crippen LogP contribution in [0.2, 0.25) is 0 Å². The molecule has 0 radical (unpaired) electrons. The Morgan fingerprint density at radius 3 is 2.95 bits per heavy atom. The van der Waals surface area contributed by atoms with Crippen LogP contribution in [0.4, 0.5) is 5.82 Å². The van der Waals surface area contributed by atoms with Crippen LogP contribution in [0.25, 0.3) is 0 Å². The Bertz CT molecular complexity index is 761. The number of guanidine groups is 1. The van der Waals surface area contributed by atoms with Crippen LogP contribution >= 0.6 is 0 Å². The van der Waals surface area contributed by atoms with Crippen molar-refractivity contribution >= 4 is 17.6 Å². The van der Waals surface area contributed by atoms with Crippen LogP contribution in [0, 0.1) is 0 Å². The molecule has 10 heteroatoms. The minimum atomic E-state index is -0.360. The van der Waals surface area contributed by atoms with Crippen LogP contribution in [0.15, 0.2) is 34.8 Å². The maximum atomic E-state index is 6.02. The highest BCUT2D eigenvalue weighted by atomic mass is 15.6. The molecule has 0 fully saturated rings. The predicted molar refractivity (Wildman–Crippen MR) is 78.8 cm³/mol. The van der Waals surface area contributed by atoms with E-state index in [1.54, 1.807) is 34.5 Å². The van der Waals surface area contributed by atoms with Gasteiger partial charge in [0.1, 0.15) is 0 Å². The number of nitrogens with two attached hydrogens (primary N) is 2. The fourth-order valence-electron chi connectivity index (χ4n) is 2.44. The molecule has 2 aliphatic heterocycles. The first-order chi connectivity index (χ1) is 10.8. The van der Waals surface area contributed by atoms with Crippen molar-refractivity contribution in [2.45, 2.75) is 12.7 Å².